The molecule has 0 aromatic carbocycles. The van der Waals surface area contributed by atoms with Gasteiger partial charge in [0.2, 0.25) is 0 Å². The molecule has 2 N–H and O–H groups in total. The Morgan fingerprint density at radius 2 is 1.16 bits per heavy atom. The Morgan fingerprint density at radius 1 is 0.842 bits per heavy atom. The molecule has 106 valence electrons. The molecule has 1 fully saturated rings. The van der Waals surface area contributed by atoms with Crippen LogP contribution in [0.2, 0.25) is 0 Å². The van der Waals surface area contributed by atoms with Crippen LogP contribution in [0.1, 0.15) is 25.7 Å². The smallest absolute Gasteiger partial charge is 0.0427 e. The Kier molecular flexibility index (Phi) is 5.73. The number of rotatable bonds is 8. The van der Waals surface area contributed by atoms with E-state index < -0.39 is 0 Å². The fourth-order valence-electron chi connectivity index (χ4n) is 3.13. The number of hydrogen-bond donors (Lipinski definition) is 2. The van der Waals surface area contributed by atoms with Crippen molar-refractivity contribution >= 4 is 0 Å². The molecule has 0 aliphatic carbocycles. The number of piperazine rings is 1. The number of hydrogen-bond acceptors (Lipinski definition) is 3. The second kappa shape index (κ2) is 6.85. The summed E-state index contributed by atoms with van der Waals surface area (Å²) < 4.78 is 0. The predicted octanol–water partition coefficient (Wildman–Crippen LogP) is 3.06. The van der Waals surface area contributed by atoms with Gasteiger partial charge in [-0.15, -0.1) is 26.3 Å². The fraction of sp³-hybridized carbons (Fsp3) is 0.500. The lowest BCUT2D eigenvalue weighted by atomic mass is 9.79. The molecule has 0 radical (unpaired) electrons. The molecule has 0 bridgehead atoms. The van der Waals surface area contributed by atoms with Crippen molar-refractivity contribution in [3.05, 3.63) is 50.6 Å². The van der Waals surface area contributed by atoms with E-state index in [-0.39, 0.29) is 11.1 Å². The molecule has 3 heteroatoms. The lowest BCUT2D eigenvalue weighted by Crippen LogP contribution is -2.70. The third-order valence-electron chi connectivity index (χ3n) is 3.64. The Morgan fingerprint density at radius 3 is 1.42 bits per heavy atom. The van der Waals surface area contributed by atoms with E-state index in [0.29, 0.717) is 13.1 Å². The van der Waals surface area contributed by atoms with E-state index in [9.17, 15) is 5.21 Å². The second-order valence-electron chi connectivity index (χ2n) is 5.48. The minimum Gasteiger partial charge on any atom is -0.314 e. The first kappa shape index (κ1) is 15.9. The van der Waals surface area contributed by atoms with Gasteiger partial charge in [-0.1, -0.05) is 24.3 Å². The van der Waals surface area contributed by atoms with Crippen LogP contribution in [0.4, 0.5) is 0 Å². The van der Waals surface area contributed by atoms with Gasteiger partial charge < -0.3 is 10.5 Å². The van der Waals surface area contributed by atoms with Gasteiger partial charge in [-0.2, -0.15) is 5.06 Å². The first-order valence-electron chi connectivity index (χ1n) is 6.72. The second-order valence-corrected chi connectivity index (χ2v) is 5.48. The zero-order valence-corrected chi connectivity index (χ0v) is 11.8. The van der Waals surface area contributed by atoms with E-state index in [2.05, 4.69) is 31.6 Å². The highest BCUT2D eigenvalue weighted by Gasteiger charge is 2.44. The van der Waals surface area contributed by atoms with Crippen LogP contribution in [-0.2, 0) is 0 Å². The Hall–Kier alpha value is -1.16. The minimum atomic E-state index is -0.220. The van der Waals surface area contributed by atoms with Crippen LogP contribution in [0.3, 0.4) is 0 Å². The van der Waals surface area contributed by atoms with Crippen LogP contribution in [0.25, 0.3) is 0 Å². The van der Waals surface area contributed by atoms with Crippen molar-refractivity contribution in [2.24, 2.45) is 0 Å². The van der Waals surface area contributed by atoms with Crippen molar-refractivity contribution < 1.29 is 5.21 Å². The van der Waals surface area contributed by atoms with Crippen molar-refractivity contribution in [2.75, 3.05) is 13.1 Å². The van der Waals surface area contributed by atoms with E-state index in [1.807, 2.05) is 24.3 Å². The van der Waals surface area contributed by atoms with Crippen LogP contribution < -0.4 is 5.32 Å². The first-order chi connectivity index (χ1) is 9.05. The Bertz CT molecular complexity index is 297. The molecule has 0 aromatic rings. The summed E-state index contributed by atoms with van der Waals surface area (Å²) in [6, 6.07) is 0. The van der Waals surface area contributed by atoms with E-state index in [0.717, 1.165) is 25.7 Å². The van der Waals surface area contributed by atoms with Gasteiger partial charge in [0.25, 0.3) is 0 Å². The zero-order valence-electron chi connectivity index (χ0n) is 11.8. The van der Waals surface area contributed by atoms with E-state index in [4.69, 9.17) is 0 Å². The molecule has 0 atom stereocenters. The van der Waals surface area contributed by atoms with Gasteiger partial charge in [0.05, 0.1) is 0 Å². The van der Waals surface area contributed by atoms with Crippen LogP contribution in [0, 0.1) is 0 Å². The van der Waals surface area contributed by atoms with Crippen molar-refractivity contribution in [3.8, 4) is 0 Å². The quantitative estimate of drug-likeness (QED) is 0.660. The molecule has 0 amide bonds. The minimum absolute atomic E-state index is 0.220. The highest BCUT2D eigenvalue weighted by molar-refractivity contribution is 5.12. The summed E-state index contributed by atoms with van der Waals surface area (Å²) in [5.41, 5.74) is -0.439. The number of nitrogens with one attached hydrogen (secondary N) is 1. The first-order valence-corrected chi connectivity index (χ1v) is 6.72. The van der Waals surface area contributed by atoms with Crippen LogP contribution >= 0.6 is 0 Å². The summed E-state index contributed by atoms with van der Waals surface area (Å²) in [5.74, 6) is 0. The molecule has 0 unspecified atom stereocenters. The van der Waals surface area contributed by atoms with Crippen molar-refractivity contribution in [1.82, 2.24) is 10.4 Å². The summed E-state index contributed by atoms with van der Waals surface area (Å²) in [4.78, 5) is 0. The largest absolute Gasteiger partial charge is 0.314 e. The average molecular weight is 262 g/mol. The highest BCUT2D eigenvalue weighted by atomic mass is 16.5. The molecule has 19 heavy (non-hydrogen) atoms. The third-order valence-corrected chi connectivity index (χ3v) is 3.64. The SMILES string of the molecule is C=CCC1(CC=C)CN(O)CC(CC=C)(CC=C)N1. The molecule has 1 aliphatic rings. The van der Waals surface area contributed by atoms with E-state index in [1.54, 1.807) is 0 Å². The standard InChI is InChI=1S/C16H26N2O/c1-5-9-15(10-6-2)13-18(19)14-16(17-15,11-7-3)12-8-4/h5-8,17,19H,1-4,9-14H2. The summed E-state index contributed by atoms with van der Waals surface area (Å²) in [5, 5.41) is 15.3. The van der Waals surface area contributed by atoms with Crippen LogP contribution in [-0.4, -0.2) is 34.4 Å². The molecule has 1 heterocycles. The number of hydroxylamine groups is 2. The molecule has 0 aromatic heterocycles. The topological polar surface area (TPSA) is 35.5 Å². The van der Waals surface area contributed by atoms with Gasteiger partial charge in [-0.3, -0.25) is 0 Å². The fourth-order valence-corrected chi connectivity index (χ4v) is 3.13. The van der Waals surface area contributed by atoms with Gasteiger partial charge in [-0.25, -0.2) is 0 Å². The summed E-state index contributed by atoms with van der Waals surface area (Å²) in [7, 11) is 0. The molecule has 1 rings (SSSR count). The average Bonchev–Trinajstić information content (AvgIpc) is 2.28. The van der Waals surface area contributed by atoms with Crippen molar-refractivity contribution in [3.63, 3.8) is 0 Å². The van der Waals surface area contributed by atoms with Gasteiger partial charge >= 0.3 is 0 Å². The summed E-state index contributed by atoms with van der Waals surface area (Å²) in [6.07, 6.45) is 10.7. The molecule has 1 saturated heterocycles. The van der Waals surface area contributed by atoms with Gasteiger partial charge in [0, 0.05) is 24.2 Å². The lowest BCUT2D eigenvalue weighted by Gasteiger charge is -2.51. The summed E-state index contributed by atoms with van der Waals surface area (Å²) in [6.45, 7) is 16.5. The van der Waals surface area contributed by atoms with Gasteiger partial charge in [0.15, 0.2) is 0 Å². The normalized spacial score (nSPS) is 21.5. The van der Waals surface area contributed by atoms with Crippen LogP contribution in [0.15, 0.2) is 50.6 Å². The monoisotopic (exact) mass is 262 g/mol. The highest BCUT2D eigenvalue weighted by Crippen LogP contribution is 2.31. The molecular formula is C16H26N2O. The molecule has 1 aliphatic heterocycles. The van der Waals surface area contributed by atoms with Gasteiger partial charge in [0.1, 0.15) is 0 Å². The van der Waals surface area contributed by atoms with E-state index >= 15 is 0 Å². The number of nitrogens with zero attached hydrogens (tertiary/aromatic N) is 1. The lowest BCUT2D eigenvalue weighted by molar-refractivity contribution is -0.153. The Balaban J connectivity index is 3.06. The zero-order chi connectivity index (χ0) is 14.4. The van der Waals surface area contributed by atoms with E-state index in [1.165, 1.54) is 5.06 Å². The summed E-state index contributed by atoms with van der Waals surface area (Å²) >= 11 is 0. The maximum atomic E-state index is 10.1. The molecular weight excluding hydrogens is 236 g/mol. The molecule has 3 nitrogen and oxygen atoms in total. The molecule has 0 saturated carbocycles. The van der Waals surface area contributed by atoms with Crippen LogP contribution in [0.5, 0.6) is 0 Å². The third kappa shape index (κ3) is 3.90. The maximum Gasteiger partial charge on any atom is 0.0427 e. The maximum absolute atomic E-state index is 10.1. The molecule has 0 spiro atoms. The predicted molar refractivity (Wildman–Crippen MR) is 81.2 cm³/mol. The Labute approximate surface area is 117 Å². The van der Waals surface area contributed by atoms with Crippen molar-refractivity contribution in [1.29, 1.82) is 0 Å². The van der Waals surface area contributed by atoms with Gasteiger partial charge in [-0.05, 0) is 25.7 Å². The van der Waals surface area contributed by atoms with Crippen molar-refractivity contribution in [2.45, 2.75) is 36.8 Å².